The van der Waals surface area contributed by atoms with Gasteiger partial charge < -0.3 is 5.32 Å². The number of benzene rings is 2. The average Bonchev–Trinajstić information content (AvgIpc) is 2.90. The summed E-state index contributed by atoms with van der Waals surface area (Å²) in [6, 6.07) is 12.5. The van der Waals surface area contributed by atoms with Gasteiger partial charge in [0.1, 0.15) is 5.82 Å². The predicted molar refractivity (Wildman–Crippen MR) is 87.0 cm³/mol. The zero-order valence-corrected chi connectivity index (χ0v) is 12.8. The van der Waals surface area contributed by atoms with Crippen LogP contribution in [0, 0.1) is 12.7 Å². The van der Waals surface area contributed by atoms with Crippen molar-refractivity contribution in [2.45, 2.75) is 6.92 Å². The molecular weight excluding hydrogens is 307 g/mol. The molecule has 1 aromatic heterocycles. The largest absolute Gasteiger partial charge is 0.331 e. The number of nitrogens with zero attached hydrogens (tertiary/aromatic N) is 1. The standard InChI is InChI=1S/C16H12ClFN2S/c1-10-7-11(5-6-14(10)18)15-9-21-16(20-15)19-13-4-2-3-12(17)8-13/h2-9H,1H3,(H,19,20). The number of halogens is 2. The van der Waals surface area contributed by atoms with Crippen LogP contribution >= 0.6 is 22.9 Å². The Morgan fingerprint density at radius 1 is 1.19 bits per heavy atom. The van der Waals surface area contributed by atoms with E-state index in [4.69, 9.17) is 11.6 Å². The van der Waals surface area contributed by atoms with Crippen molar-refractivity contribution in [3.05, 3.63) is 64.2 Å². The molecule has 0 radical (unpaired) electrons. The Kier molecular flexibility index (Phi) is 3.90. The van der Waals surface area contributed by atoms with E-state index in [1.54, 1.807) is 19.1 Å². The second-order valence-electron chi connectivity index (χ2n) is 4.64. The number of nitrogens with one attached hydrogen (secondary N) is 1. The van der Waals surface area contributed by atoms with Gasteiger partial charge in [-0.1, -0.05) is 17.7 Å². The van der Waals surface area contributed by atoms with E-state index in [9.17, 15) is 4.39 Å². The maximum atomic E-state index is 13.3. The highest BCUT2D eigenvalue weighted by Crippen LogP contribution is 2.28. The minimum Gasteiger partial charge on any atom is -0.331 e. The Hall–Kier alpha value is -1.91. The lowest BCUT2D eigenvalue weighted by Crippen LogP contribution is -1.89. The monoisotopic (exact) mass is 318 g/mol. The fourth-order valence-corrected chi connectivity index (χ4v) is 2.89. The molecule has 0 atom stereocenters. The van der Waals surface area contributed by atoms with E-state index in [1.807, 2.05) is 29.6 Å². The zero-order valence-electron chi connectivity index (χ0n) is 11.2. The highest BCUT2D eigenvalue weighted by molar-refractivity contribution is 7.14. The summed E-state index contributed by atoms with van der Waals surface area (Å²) in [6.45, 7) is 1.75. The molecule has 0 aliphatic heterocycles. The minimum atomic E-state index is -0.203. The van der Waals surface area contributed by atoms with Crippen LogP contribution in [0.3, 0.4) is 0 Å². The quantitative estimate of drug-likeness (QED) is 0.674. The van der Waals surface area contributed by atoms with Crippen LogP contribution in [0.1, 0.15) is 5.56 Å². The first-order chi connectivity index (χ1) is 10.1. The third kappa shape index (κ3) is 3.23. The number of hydrogen-bond acceptors (Lipinski definition) is 3. The van der Waals surface area contributed by atoms with Crippen LogP contribution in [0.25, 0.3) is 11.3 Å². The van der Waals surface area contributed by atoms with E-state index >= 15 is 0 Å². The van der Waals surface area contributed by atoms with Gasteiger partial charge in [-0.05, 0) is 48.9 Å². The molecule has 0 unspecified atom stereocenters. The summed E-state index contributed by atoms with van der Waals surface area (Å²) in [5.41, 5.74) is 3.24. The molecule has 0 bridgehead atoms. The molecule has 2 nitrogen and oxygen atoms in total. The Labute approximate surface area is 131 Å². The topological polar surface area (TPSA) is 24.9 Å². The van der Waals surface area contributed by atoms with E-state index < -0.39 is 0 Å². The van der Waals surface area contributed by atoms with Crippen molar-refractivity contribution in [2.24, 2.45) is 0 Å². The van der Waals surface area contributed by atoms with Crippen molar-refractivity contribution in [3.63, 3.8) is 0 Å². The lowest BCUT2D eigenvalue weighted by molar-refractivity contribution is 0.619. The summed E-state index contributed by atoms with van der Waals surface area (Å²) in [5.74, 6) is -0.203. The molecule has 5 heteroatoms. The number of aromatic nitrogens is 1. The summed E-state index contributed by atoms with van der Waals surface area (Å²) < 4.78 is 13.3. The van der Waals surface area contributed by atoms with Crippen LogP contribution in [0.5, 0.6) is 0 Å². The summed E-state index contributed by atoms with van der Waals surface area (Å²) in [4.78, 5) is 4.52. The van der Waals surface area contributed by atoms with E-state index in [0.717, 1.165) is 22.1 Å². The lowest BCUT2D eigenvalue weighted by atomic mass is 10.1. The Morgan fingerprint density at radius 3 is 2.81 bits per heavy atom. The fourth-order valence-electron chi connectivity index (χ4n) is 1.96. The van der Waals surface area contributed by atoms with Gasteiger partial charge in [-0.2, -0.15) is 0 Å². The average molecular weight is 319 g/mol. The second kappa shape index (κ2) is 5.84. The summed E-state index contributed by atoms with van der Waals surface area (Å²) in [6.07, 6.45) is 0. The third-order valence-corrected chi connectivity index (χ3v) is 4.03. The minimum absolute atomic E-state index is 0.203. The molecule has 106 valence electrons. The van der Waals surface area contributed by atoms with Crippen LogP contribution in [-0.4, -0.2) is 4.98 Å². The van der Waals surface area contributed by atoms with E-state index in [1.165, 1.54) is 17.4 Å². The molecule has 3 aromatic rings. The van der Waals surface area contributed by atoms with Crippen LogP contribution in [0.2, 0.25) is 5.02 Å². The van der Waals surface area contributed by atoms with Gasteiger partial charge >= 0.3 is 0 Å². The first-order valence-electron chi connectivity index (χ1n) is 6.36. The molecule has 2 aromatic carbocycles. The van der Waals surface area contributed by atoms with Gasteiger partial charge in [-0.3, -0.25) is 0 Å². The van der Waals surface area contributed by atoms with E-state index in [-0.39, 0.29) is 5.82 Å². The van der Waals surface area contributed by atoms with Gasteiger partial charge in [0.15, 0.2) is 5.13 Å². The molecule has 0 saturated heterocycles. The predicted octanol–water partition coefficient (Wildman–Crippen LogP) is 5.65. The van der Waals surface area contributed by atoms with Gasteiger partial charge in [-0.25, -0.2) is 9.37 Å². The van der Waals surface area contributed by atoms with Crippen LogP contribution in [0.15, 0.2) is 47.8 Å². The Bertz CT molecular complexity index is 785. The number of thiazole rings is 1. The van der Waals surface area contributed by atoms with Crippen molar-refractivity contribution >= 4 is 33.8 Å². The van der Waals surface area contributed by atoms with Gasteiger partial charge in [0.25, 0.3) is 0 Å². The van der Waals surface area contributed by atoms with E-state index in [0.29, 0.717) is 10.6 Å². The van der Waals surface area contributed by atoms with Crippen LogP contribution in [-0.2, 0) is 0 Å². The van der Waals surface area contributed by atoms with Crippen molar-refractivity contribution in [3.8, 4) is 11.3 Å². The second-order valence-corrected chi connectivity index (χ2v) is 5.93. The van der Waals surface area contributed by atoms with Crippen molar-refractivity contribution < 1.29 is 4.39 Å². The van der Waals surface area contributed by atoms with Crippen LogP contribution in [0.4, 0.5) is 15.2 Å². The molecular formula is C16H12ClFN2S. The zero-order chi connectivity index (χ0) is 14.8. The number of hydrogen-bond donors (Lipinski definition) is 1. The van der Waals surface area contributed by atoms with Crippen molar-refractivity contribution in [1.29, 1.82) is 0 Å². The molecule has 0 amide bonds. The number of aryl methyl sites for hydroxylation is 1. The Morgan fingerprint density at radius 2 is 2.05 bits per heavy atom. The van der Waals surface area contributed by atoms with Crippen molar-refractivity contribution in [2.75, 3.05) is 5.32 Å². The molecule has 0 spiro atoms. The molecule has 0 aliphatic carbocycles. The maximum absolute atomic E-state index is 13.3. The van der Waals surface area contributed by atoms with E-state index in [2.05, 4.69) is 10.3 Å². The van der Waals surface area contributed by atoms with Gasteiger partial charge in [-0.15, -0.1) is 11.3 Å². The third-order valence-electron chi connectivity index (χ3n) is 3.03. The molecule has 0 fully saturated rings. The lowest BCUT2D eigenvalue weighted by Gasteiger charge is -2.03. The van der Waals surface area contributed by atoms with Gasteiger partial charge in [0, 0.05) is 21.7 Å². The molecule has 0 saturated carbocycles. The molecule has 1 N–H and O–H groups in total. The highest BCUT2D eigenvalue weighted by Gasteiger charge is 2.07. The maximum Gasteiger partial charge on any atom is 0.187 e. The van der Waals surface area contributed by atoms with Crippen LogP contribution < -0.4 is 5.32 Å². The summed E-state index contributed by atoms with van der Waals surface area (Å²) in [5, 5.41) is 6.60. The highest BCUT2D eigenvalue weighted by atomic mass is 35.5. The molecule has 3 rings (SSSR count). The van der Waals surface area contributed by atoms with Crippen molar-refractivity contribution in [1.82, 2.24) is 4.98 Å². The SMILES string of the molecule is Cc1cc(-c2csc(Nc3cccc(Cl)c3)n2)ccc1F. The summed E-state index contributed by atoms with van der Waals surface area (Å²) in [7, 11) is 0. The number of rotatable bonds is 3. The summed E-state index contributed by atoms with van der Waals surface area (Å²) >= 11 is 7.45. The Balaban J connectivity index is 1.84. The molecule has 1 heterocycles. The normalized spacial score (nSPS) is 10.6. The first kappa shape index (κ1) is 14.0. The fraction of sp³-hybridized carbons (Fsp3) is 0.0625. The molecule has 0 aliphatic rings. The molecule has 21 heavy (non-hydrogen) atoms. The van der Waals surface area contributed by atoms with Gasteiger partial charge in [0.2, 0.25) is 0 Å². The first-order valence-corrected chi connectivity index (χ1v) is 7.62. The number of anilines is 2. The van der Waals surface area contributed by atoms with Gasteiger partial charge in [0.05, 0.1) is 5.69 Å². The smallest absolute Gasteiger partial charge is 0.187 e.